The fourth-order valence-electron chi connectivity index (χ4n) is 2.33. The first-order valence-electron chi connectivity index (χ1n) is 6.27. The van der Waals surface area contributed by atoms with Gasteiger partial charge in [-0.1, -0.05) is 5.11 Å². The van der Waals surface area contributed by atoms with Crippen molar-refractivity contribution in [2.24, 2.45) is 11.0 Å². The van der Waals surface area contributed by atoms with E-state index in [0.29, 0.717) is 0 Å². The monoisotopic (exact) mass is 297 g/mol. The van der Waals surface area contributed by atoms with E-state index in [2.05, 4.69) is 15.0 Å². The van der Waals surface area contributed by atoms with Crippen LogP contribution in [0.5, 0.6) is 0 Å². The van der Waals surface area contributed by atoms with Gasteiger partial charge >= 0.3 is 5.69 Å². The number of aromatic amines is 1. The van der Waals surface area contributed by atoms with Gasteiger partial charge in [0.1, 0.15) is 6.10 Å². The Labute approximate surface area is 118 Å². The second-order valence-corrected chi connectivity index (χ2v) is 4.79. The van der Waals surface area contributed by atoms with Gasteiger partial charge in [0.2, 0.25) is 0 Å². The number of aryl methyl sites for hydroxylation is 1. The van der Waals surface area contributed by atoms with Crippen LogP contribution < -0.4 is 11.2 Å². The number of hydrogen-bond acceptors (Lipinski definition) is 6. The molecule has 10 nitrogen and oxygen atoms in total. The first-order valence-corrected chi connectivity index (χ1v) is 6.27. The zero-order chi connectivity index (χ0) is 15.6. The number of hydrogen-bond donors (Lipinski definition) is 3. The molecule has 1 aromatic rings. The number of nitrogens with zero attached hydrogens (tertiary/aromatic N) is 4. The van der Waals surface area contributed by atoms with Gasteiger partial charge in [0.05, 0.1) is 12.7 Å². The van der Waals surface area contributed by atoms with E-state index in [1.165, 1.54) is 13.1 Å². The lowest BCUT2D eigenvalue weighted by molar-refractivity contribution is -0.0536. The van der Waals surface area contributed by atoms with Crippen LogP contribution in [-0.2, 0) is 4.74 Å². The Morgan fingerprint density at radius 1 is 1.57 bits per heavy atom. The van der Waals surface area contributed by atoms with Crippen LogP contribution in [0.1, 0.15) is 11.8 Å². The molecule has 1 aliphatic rings. The third-order valence-electron chi connectivity index (χ3n) is 3.48. The second-order valence-electron chi connectivity index (χ2n) is 4.79. The zero-order valence-electron chi connectivity index (χ0n) is 11.2. The van der Waals surface area contributed by atoms with Crippen LogP contribution in [0.15, 0.2) is 20.9 Å². The Kier molecular flexibility index (Phi) is 4.43. The molecule has 0 aliphatic carbocycles. The molecule has 1 fully saturated rings. The van der Waals surface area contributed by atoms with E-state index in [4.69, 9.17) is 10.3 Å². The number of azide groups is 1. The van der Waals surface area contributed by atoms with Crippen LogP contribution in [0.25, 0.3) is 10.4 Å². The fourth-order valence-corrected chi connectivity index (χ4v) is 2.33. The minimum absolute atomic E-state index is 0.0729. The fraction of sp³-hybridized carbons (Fsp3) is 0.636. The minimum atomic E-state index is -1.16. The summed E-state index contributed by atoms with van der Waals surface area (Å²) in [5.41, 5.74) is 7.38. The van der Waals surface area contributed by atoms with Gasteiger partial charge in [0, 0.05) is 29.1 Å². The molecule has 3 N–H and O–H groups in total. The van der Waals surface area contributed by atoms with Gasteiger partial charge in [-0.2, -0.15) is 0 Å². The van der Waals surface area contributed by atoms with Crippen LogP contribution >= 0.6 is 0 Å². The van der Waals surface area contributed by atoms with E-state index in [0.717, 1.165) is 4.57 Å². The van der Waals surface area contributed by atoms with Crippen LogP contribution in [-0.4, -0.2) is 45.1 Å². The van der Waals surface area contributed by atoms with E-state index in [-0.39, 0.29) is 12.1 Å². The molecular weight excluding hydrogens is 282 g/mol. The van der Waals surface area contributed by atoms with Gasteiger partial charge in [-0.3, -0.25) is 14.3 Å². The predicted octanol–water partition coefficient (Wildman–Crippen LogP) is -0.978. The Hall–Kier alpha value is -2.13. The first kappa shape index (κ1) is 15.3. The molecule has 0 amide bonds. The van der Waals surface area contributed by atoms with Crippen molar-refractivity contribution in [3.8, 4) is 0 Å². The van der Waals surface area contributed by atoms with Crippen molar-refractivity contribution in [3.05, 3.63) is 43.0 Å². The molecule has 0 aromatic carbocycles. The maximum Gasteiger partial charge on any atom is 0.330 e. The van der Waals surface area contributed by atoms with Gasteiger partial charge in [-0.15, -0.1) is 0 Å². The molecule has 1 aromatic heterocycles. The van der Waals surface area contributed by atoms with Crippen molar-refractivity contribution in [1.29, 1.82) is 0 Å². The largest absolute Gasteiger partial charge is 0.394 e. The molecule has 2 rings (SSSR count). The molecule has 1 aliphatic heterocycles. The molecule has 21 heavy (non-hydrogen) atoms. The quantitative estimate of drug-likeness (QED) is 0.370. The summed E-state index contributed by atoms with van der Waals surface area (Å²) in [5, 5.41) is 22.9. The summed E-state index contributed by atoms with van der Waals surface area (Å²) in [6, 6.07) is 0. The third kappa shape index (κ3) is 2.83. The van der Waals surface area contributed by atoms with Crippen molar-refractivity contribution in [3.63, 3.8) is 0 Å². The second kappa shape index (κ2) is 6.10. The molecule has 4 atom stereocenters. The van der Waals surface area contributed by atoms with Gasteiger partial charge in [-0.05, 0) is 12.5 Å². The van der Waals surface area contributed by atoms with Gasteiger partial charge < -0.3 is 14.9 Å². The predicted molar refractivity (Wildman–Crippen MR) is 70.6 cm³/mol. The maximum atomic E-state index is 11.8. The van der Waals surface area contributed by atoms with Crippen molar-refractivity contribution in [1.82, 2.24) is 9.55 Å². The molecule has 0 spiro atoms. The minimum Gasteiger partial charge on any atom is -0.394 e. The highest BCUT2D eigenvalue weighted by Gasteiger charge is 2.44. The molecule has 114 valence electrons. The van der Waals surface area contributed by atoms with Crippen molar-refractivity contribution in [2.45, 2.75) is 25.4 Å². The number of nitrogens with one attached hydrogen (secondary N) is 1. The third-order valence-corrected chi connectivity index (χ3v) is 3.48. The van der Waals surface area contributed by atoms with Crippen molar-refractivity contribution < 1.29 is 14.9 Å². The average molecular weight is 297 g/mol. The number of aliphatic hydroxyl groups excluding tert-OH is 2. The van der Waals surface area contributed by atoms with Crippen LogP contribution in [0.4, 0.5) is 0 Å². The molecule has 2 heterocycles. The van der Waals surface area contributed by atoms with E-state index in [1.807, 2.05) is 0 Å². The van der Waals surface area contributed by atoms with Gasteiger partial charge in [-0.25, -0.2) is 4.79 Å². The summed E-state index contributed by atoms with van der Waals surface area (Å²) in [5.74, 6) is -0.643. The highest BCUT2D eigenvalue weighted by molar-refractivity contribution is 5.03. The number of H-pyrrole nitrogens is 1. The summed E-state index contributed by atoms with van der Waals surface area (Å²) in [6.45, 7) is 1.05. The molecular formula is C11H15N5O5. The number of ether oxygens (including phenoxy) is 1. The van der Waals surface area contributed by atoms with E-state index in [1.54, 1.807) is 0 Å². The van der Waals surface area contributed by atoms with E-state index in [9.17, 15) is 19.8 Å². The van der Waals surface area contributed by atoms with Crippen molar-refractivity contribution >= 4 is 0 Å². The summed E-state index contributed by atoms with van der Waals surface area (Å²) in [4.78, 5) is 27.9. The van der Waals surface area contributed by atoms with E-state index < -0.39 is 42.2 Å². The van der Waals surface area contributed by atoms with Gasteiger partial charge in [0.25, 0.3) is 5.56 Å². The Balaban J connectivity index is 2.37. The van der Waals surface area contributed by atoms with Crippen LogP contribution in [0, 0.1) is 12.8 Å². The smallest absolute Gasteiger partial charge is 0.330 e. The summed E-state index contributed by atoms with van der Waals surface area (Å²) < 4.78 is 6.51. The summed E-state index contributed by atoms with van der Waals surface area (Å²) in [6.07, 6.45) is -1.71. The van der Waals surface area contributed by atoms with E-state index >= 15 is 0 Å². The molecule has 1 unspecified atom stereocenters. The maximum absolute atomic E-state index is 11.8. The number of aliphatic hydroxyl groups is 2. The SMILES string of the molecule is Cc1cn([C@@H]2O[C@H](CO)C(CN=[N+]=[N-])[C@H]2O)c(=O)[nH]c1=O. The Morgan fingerprint density at radius 2 is 2.29 bits per heavy atom. The lowest BCUT2D eigenvalue weighted by Gasteiger charge is -2.18. The summed E-state index contributed by atoms with van der Waals surface area (Å²) in [7, 11) is 0. The molecule has 0 radical (unpaired) electrons. The Bertz CT molecular complexity index is 676. The molecule has 0 bridgehead atoms. The first-order chi connectivity index (χ1) is 9.99. The Morgan fingerprint density at radius 3 is 2.90 bits per heavy atom. The van der Waals surface area contributed by atoms with Crippen LogP contribution in [0.3, 0.4) is 0 Å². The lowest BCUT2D eigenvalue weighted by Crippen LogP contribution is -2.37. The topological polar surface area (TPSA) is 153 Å². The number of rotatable bonds is 4. The highest BCUT2D eigenvalue weighted by Crippen LogP contribution is 2.33. The summed E-state index contributed by atoms with van der Waals surface area (Å²) >= 11 is 0. The van der Waals surface area contributed by atoms with Crippen LogP contribution in [0.2, 0.25) is 0 Å². The highest BCUT2D eigenvalue weighted by atomic mass is 16.5. The lowest BCUT2D eigenvalue weighted by atomic mass is 9.98. The zero-order valence-corrected chi connectivity index (χ0v) is 11.2. The number of aromatic nitrogens is 2. The normalized spacial score (nSPS) is 28.3. The molecule has 10 heteroatoms. The van der Waals surface area contributed by atoms with Gasteiger partial charge in [0.15, 0.2) is 6.23 Å². The molecule has 1 saturated heterocycles. The molecule has 0 saturated carbocycles. The van der Waals surface area contributed by atoms with Crippen molar-refractivity contribution in [2.75, 3.05) is 13.2 Å². The average Bonchev–Trinajstić information content (AvgIpc) is 2.77. The standard InChI is InChI=1S/C11H15N5O5/c1-5-3-16(11(20)14-9(5)19)10-8(18)6(2-13-15-12)7(4-17)21-10/h3,6-8,10,17-18H,2,4H2,1H3,(H,14,19,20)/t6?,7-,8-,10-/m1/s1.